The summed E-state index contributed by atoms with van der Waals surface area (Å²) in [6.45, 7) is 5.86. The van der Waals surface area contributed by atoms with Crippen LogP contribution in [0.3, 0.4) is 0 Å². The lowest BCUT2D eigenvalue weighted by atomic mass is 9.84. The van der Waals surface area contributed by atoms with Crippen LogP contribution < -0.4 is 14.2 Å². The van der Waals surface area contributed by atoms with E-state index in [1.165, 1.54) is 0 Å². The molecule has 0 saturated heterocycles. The topological polar surface area (TPSA) is 47.9 Å². The van der Waals surface area contributed by atoms with Crippen LogP contribution in [-0.2, 0) is 0 Å². The molecule has 0 heterocycles. The van der Waals surface area contributed by atoms with Gasteiger partial charge < -0.3 is 19.3 Å². The maximum Gasteiger partial charge on any atom is 0.170 e. The van der Waals surface area contributed by atoms with Crippen molar-refractivity contribution in [2.75, 3.05) is 21.3 Å². The van der Waals surface area contributed by atoms with E-state index in [0.717, 1.165) is 0 Å². The summed E-state index contributed by atoms with van der Waals surface area (Å²) < 4.78 is 15.9. The number of aliphatic hydroxyl groups excluding tert-OH is 1. The first-order valence-electron chi connectivity index (χ1n) is 5.83. The normalized spacial score (nSPS) is 13.1. The number of benzene rings is 1. The van der Waals surface area contributed by atoms with Crippen molar-refractivity contribution in [2.45, 2.75) is 26.9 Å². The molecule has 0 saturated carbocycles. The van der Waals surface area contributed by atoms with Crippen molar-refractivity contribution in [3.05, 3.63) is 17.7 Å². The van der Waals surface area contributed by atoms with Gasteiger partial charge in [-0.3, -0.25) is 0 Å². The SMILES string of the molecule is COc1ccc(OC)c(C(O)C(C)(C)C)c1OC. The van der Waals surface area contributed by atoms with E-state index in [1.807, 2.05) is 20.8 Å². The van der Waals surface area contributed by atoms with Gasteiger partial charge in [-0.25, -0.2) is 0 Å². The molecule has 0 bridgehead atoms. The van der Waals surface area contributed by atoms with Crippen molar-refractivity contribution in [3.8, 4) is 17.2 Å². The summed E-state index contributed by atoms with van der Waals surface area (Å²) in [6, 6.07) is 3.53. The van der Waals surface area contributed by atoms with Gasteiger partial charge in [0.2, 0.25) is 0 Å². The van der Waals surface area contributed by atoms with E-state index in [9.17, 15) is 5.11 Å². The molecular weight excluding hydrogens is 232 g/mol. The third-order valence-corrected chi connectivity index (χ3v) is 2.86. The summed E-state index contributed by atoms with van der Waals surface area (Å²) in [7, 11) is 4.69. The maximum absolute atomic E-state index is 10.5. The third-order valence-electron chi connectivity index (χ3n) is 2.86. The Hall–Kier alpha value is -1.42. The monoisotopic (exact) mass is 254 g/mol. The Morgan fingerprint density at radius 2 is 1.44 bits per heavy atom. The van der Waals surface area contributed by atoms with Gasteiger partial charge in [0, 0.05) is 0 Å². The molecule has 18 heavy (non-hydrogen) atoms. The number of rotatable bonds is 4. The molecule has 102 valence electrons. The first-order valence-corrected chi connectivity index (χ1v) is 5.83. The van der Waals surface area contributed by atoms with Crippen molar-refractivity contribution >= 4 is 0 Å². The van der Waals surface area contributed by atoms with Gasteiger partial charge in [0.15, 0.2) is 11.5 Å². The lowest BCUT2D eigenvalue weighted by Gasteiger charge is -2.29. The molecule has 1 rings (SSSR count). The number of aliphatic hydroxyl groups is 1. The van der Waals surface area contributed by atoms with Crippen LogP contribution in [0.25, 0.3) is 0 Å². The minimum atomic E-state index is -0.711. The lowest BCUT2D eigenvalue weighted by molar-refractivity contribution is 0.0577. The molecule has 0 radical (unpaired) electrons. The van der Waals surface area contributed by atoms with Crippen molar-refractivity contribution in [2.24, 2.45) is 5.41 Å². The summed E-state index contributed by atoms with van der Waals surface area (Å²) in [5.41, 5.74) is 0.291. The average Bonchev–Trinajstić information content (AvgIpc) is 2.34. The molecule has 0 aliphatic rings. The molecular formula is C14H22O4. The Morgan fingerprint density at radius 1 is 0.944 bits per heavy atom. The van der Waals surface area contributed by atoms with Crippen LogP contribution in [-0.4, -0.2) is 26.4 Å². The summed E-state index contributed by atoms with van der Waals surface area (Å²) in [6.07, 6.45) is -0.711. The van der Waals surface area contributed by atoms with Gasteiger partial charge in [-0.1, -0.05) is 20.8 Å². The van der Waals surface area contributed by atoms with Crippen LogP contribution in [0.1, 0.15) is 32.4 Å². The highest BCUT2D eigenvalue weighted by molar-refractivity contribution is 5.55. The van der Waals surface area contributed by atoms with E-state index in [2.05, 4.69) is 0 Å². The fraction of sp³-hybridized carbons (Fsp3) is 0.571. The van der Waals surface area contributed by atoms with Gasteiger partial charge in [0.1, 0.15) is 5.75 Å². The zero-order chi connectivity index (χ0) is 13.9. The van der Waals surface area contributed by atoms with Crippen LogP contribution in [0.5, 0.6) is 17.2 Å². The number of ether oxygens (including phenoxy) is 3. The fourth-order valence-electron chi connectivity index (χ4n) is 1.80. The van der Waals surface area contributed by atoms with E-state index in [1.54, 1.807) is 33.5 Å². The molecule has 0 aliphatic heterocycles. The molecule has 1 unspecified atom stereocenters. The van der Waals surface area contributed by atoms with Gasteiger partial charge in [0.25, 0.3) is 0 Å². The van der Waals surface area contributed by atoms with Gasteiger partial charge in [-0.2, -0.15) is 0 Å². The molecule has 1 atom stereocenters. The first-order chi connectivity index (χ1) is 8.36. The molecule has 1 N–H and O–H groups in total. The minimum Gasteiger partial charge on any atom is -0.496 e. The zero-order valence-electron chi connectivity index (χ0n) is 11.9. The lowest BCUT2D eigenvalue weighted by Crippen LogP contribution is -2.19. The summed E-state index contributed by atoms with van der Waals surface area (Å²) in [5.74, 6) is 1.69. The summed E-state index contributed by atoms with van der Waals surface area (Å²) >= 11 is 0. The molecule has 1 aromatic rings. The Balaban J connectivity index is 3.46. The molecule has 1 aromatic carbocycles. The predicted molar refractivity (Wildman–Crippen MR) is 70.5 cm³/mol. The second-order valence-corrected chi connectivity index (χ2v) is 5.19. The van der Waals surface area contributed by atoms with Crippen molar-refractivity contribution < 1.29 is 19.3 Å². The number of hydrogen-bond acceptors (Lipinski definition) is 4. The Labute approximate surface area is 108 Å². The molecule has 0 aliphatic carbocycles. The predicted octanol–water partition coefficient (Wildman–Crippen LogP) is 2.79. The van der Waals surface area contributed by atoms with Gasteiger partial charge in [0.05, 0.1) is 33.0 Å². The third kappa shape index (κ3) is 2.70. The van der Waals surface area contributed by atoms with E-state index >= 15 is 0 Å². The highest BCUT2D eigenvalue weighted by Gasteiger charge is 2.31. The van der Waals surface area contributed by atoms with Crippen LogP contribution in [0, 0.1) is 5.41 Å². The smallest absolute Gasteiger partial charge is 0.170 e. The molecule has 0 spiro atoms. The van der Waals surface area contributed by atoms with Crippen LogP contribution in [0.2, 0.25) is 0 Å². The van der Waals surface area contributed by atoms with Gasteiger partial charge >= 0.3 is 0 Å². The second-order valence-electron chi connectivity index (χ2n) is 5.19. The molecule has 4 heteroatoms. The van der Waals surface area contributed by atoms with Crippen molar-refractivity contribution in [1.29, 1.82) is 0 Å². The van der Waals surface area contributed by atoms with Crippen LogP contribution in [0.4, 0.5) is 0 Å². The average molecular weight is 254 g/mol. The summed E-state index contributed by atoms with van der Waals surface area (Å²) in [5, 5.41) is 10.5. The van der Waals surface area contributed by atoms with Crippen LogP contribution >= 0.6 is 0 Å². The second kappa shape index (κ2) is 5.48. The largest absolute Gasteiger partial charge is 0.496 e. The molecule has 0 fully saturated rings. The van der Waals surface area contributed by atoms with Crippen molar-refractivity contribution in [1.82, 2.24) is 0 Å². The van der Waals surface area contributed by atoms with Gasteiger partial charge in [-0.05, 0) is 17.5 Å². The Morgan fingerprint density at radius 3 is 1.83 bits per heavy atom. The van der Waals surface area contributed by atoms with Gasteiger partial charge in [-0.15, -0.1) is 0 Å². The van der Waals surface area contributed by atoms with E-state index < -0.39 is 6.10 Å². The van der Waals surface area contributed by atoms with E-state index in [-0.39, 0.29) is 5.41 Å². The number of methoxy groups -OCH3 is 3. The fourth-order valence-corrected chi connectivity index (χ4v) is 1.80. The summed E-state index contributed by atoms with van der Waals surface area (Å²) in [4.78, 5) is 0. The zero-order valence-corrected chi connectivity index (χ0v) is 11.9. The van der Waals surface area contributed by atoms with E-state index in [0.29, 0.717) is 22.8 Å². The van der Waals surface area contributed by atoms with Crippen molar-refractivity contribution in [3.63, 3.8) is 0 Å². The minimum absolute atomic E-state index is 0.326. The maximum atomic E-state index is 10.5. The molecule has 0 amide bonds. The first kappa shape index (κ1) is 14.6. The standard InChI is InChI=1S/C14H22O4/c1-14(2,3)13(15)11-9(16-4)7-8-10(17-5)12(11)18-6/h7-8,13,15H,1-6H3. The number of hydrogen-bond donors (Lipinski definition) is 1. The van der Waals surface area contributed by atoms with Crippen LogP contribution in [0.15, 0.2) is 12.1 Å². The highest BCUT2D eigenvalue weighted by atomic mass is 16.5. The Bertz CT molecular complexity index is 407. The Kier molecular flexibility index (Phi) is 4.46. The molecule has 4 nitrogen and oxygen atoms in total. The highest BCUT2D eigenvalue weighted by Crippen LogP contribution is 2.46. The molecule has 0 aromatic heterocycles. The quantitative estimate of drug-likeness (QED) is 0.897. The van der Waals surface area contributed by atoms with E-state index in [4.69, 9.17) is 14.2 Å².